The molecule has 6 aromatic rings. The molecule has 0 saturated carbocycles. The van der Waals surface area contributed by atoms with Crippen molar-refractivity contribution in [2.75, 3.05) is 0 Å². The van der Waals surface area contributed by atoms with Crippen LogP contribution in [0.1, 0.15) is 20.7 Å². The summed E-state index contributed by atoms with van der Waals surface area (Å²) in [5.74, 6) is -4.50. The van der Waals surface area contributed by atoms with Crippen molar-refractivity contribution in [1.29, 1.82) is 0 Å². The quantitative estimate of drug-likeness (QED) is 0.0701. The van der Waals surface area contributed by atoms with Crippen LogP contribution in [0.5, 0.6) is 11.5 Å². The minimum Gasteiger partial charge on any atom is -0.871 e. The van der Waals surface area contributed by atoms with Crippen molar-refractivity contribution >= 4 is 137 Å². The first kappa shape index (κ1) is 43.0. The Labute approximate surface area is 350 Å². The monoisotopic (exact) mass is 850 g/mol. The van der Waals surface area contributed by atoms with Gasteiger partial charge >= 0.3 is 43.7 Å². The molecule has 0 aliphatic carbocycles. The standard InChI is InChI=1S/2C17H11ClN2O6S.Ca/c2*18-14-12(6-3-7-13(14)27(24,25)26)19-20-15-10-5-2-1-4-9(10)8-11(16(15)21)17(22)23;/h2*1-8,21H,(H,22,23)(H,24,25,26);/q;;+2/p-2. The minimum absolute atomic E-state index is 0. The van der Waals surface area contributed by atoms with Gasteiger partial charge in [0.2, 0.25) is 0 Å². The molecule has 55 heavy (non-hydrogen) atoms. The van der Waals surface area contributed by atoms with Crippen molar-refractivity contribution in [2.24, 2.45) is 20.5 Å². The molecule has 4 N–H and O–H groups in total. The Morgan fingerprint density at radius 1 is 0.618 bits per heavy atom. The number of carboxylic acids is 2. The number of carbonyl (C=O) groups excluding carboxylic acids is 1. The van der Waals surface area contributed by atoms with Gasteiger partial charge in [-0.2, -0.15) is 21.9 Å². The summed E-state index contributed by atoms with van der Waals surface area (Å²) in [6, 6.07) is 22.9. The summed E-state index contributed by atoms with van der Waals surface area (Å²) in [6.07, 6.45) is 0. The molecule has 0 bridgehead atoms. The van der Waals surface area contributed by atoms with E-state index in [0.29, 0.717) is 21.5 Å². The van der Waals surface area contributed by atoms with Gasteiger partial charge in [0, 0.05) is 10.8 Å². The Bertz CT molecular complexity index is 2610. The Morgan fingerprint density at radius 2 is 1.04 bits per heavy atom. The number of nitrogens with zero attached hydrogens (tertiary/aromatic N) is 4. The first-order valence-electron chi connectivity index (χ1n) is 14.7. The van der Waals surface area contributed by atoms with Gasteiger partial charge in [0.25, 0.3) is 20.2 Å². The number of carboxylic acid groups (broad SMARTS) is 2. The molecular formula is C34H20CaCl2N4O12S2. The molecule has 0 radical (unpaired) electrons. The fourth-order valence-corrected chi connectivity index (χ4v) is 6.98. The van der Waals surface area contributed by atoms with E-state index >= 15 is 0 Å². The zero-order valence-corrected chi connectivity index (χ0v) is 32.7. The average molecular weight is 852 g/mol. The fourth-order valence-electron chi connectivity index (χ4n) is 4.90. The van der Waals surface area contributed by atoms with Gasteiger partial charge in [-0.05, 0) is 52.7 Å². The second-order valence-corrected chi connectivity index (χ2v) is 14.3. The van der Waals surface area contributed by atoms with Crippen LogP contribution in [-0.4, -0.2) is 85.8 Å². The van der Waals surface area contributed by atoms with Gasteiger partial charge in [-0.25, -0.2) is 4.79 Å². The van der Waals surface area contributed by atoms with E-state index in [9.17, 15) is 51.4 Å². The number of rotatable bonds is 8. The molecule has 0 aliphatic heterocycles. The predicted molar refractivity (Wildman–Crippen MR) is 197 cm³/mol. The molecule has 0 aromatic heterocycles. The molecular weight excluding hydrogens is 832 g/mol. The van der Waals surface area contributed by atoms with Crippen molar-refractivity contribution in [3.05, 3.63) is 118 Å². The van der Waals surface area contributed by atoms with Crippen LogP contribution in [0.15, 0.2) is 127 Å². The van der Waals surface area contributed by atoms with Gasteiger partial charge in [0.15, 0.2) is 5.75 Å². The number of aromatic hydroxyl groups is 1. The molecule has 16 nitrogen and oxygen atoms in total. The summed E-state index contributed by atoms with van der Waals surface area (Å²) in [4.78, 5) is 21.4. The maximum atomic E-state index is 12.4. The summed E-state index contributed by atoms with van der Waals surface area (Å²) in [5.41, 5.74) is -1.54. The van der Waals surface area contributed by atoms with Crippen LogP contribution in [0.3, 0.4) is 0 Å². The van der Waals surface area contributed by atoms with Gasteiger partial charge in [0.1, 0.15) is 32.4 Å². The number of fused-ring (bicyclic) bond motifs is 2. The van der Waals surface area contributed by atoms with Crippen molar-refractivity contribution in [1.82, 2.24) is 0 Å². The number of halogens is 2. The van der Waals surface area contributed by atoms with Crippen LogP contribution < -0.4 is 10.2 Å². The van der Waals surface area contributed by atoms with E-state index in [1.165, 1.54) is 36.4 Å². The maximum absolute atomic E-state index is 12.4. The SMILES string of the molecule is O=C(O)c1cc2ccccc2c(N=Nc2cccc(S(=O)(=O)O)c2Cl)c1O.O=C([O-])c1cc2ccccc2c(N=Nc2cccc(S(=O)(=O)O)c2Cl)c1[O-].[Ca+2]. The Hall–Kier alpha value is -4.76. The number of benzene rings is 6. The summed E-state index contributed by atoms with van der Waals surface area (Å²) >= 11 is 11.9. The van der Waals surface area contributed by atoms with Gasteiger partial charge < -0.3 is 25.2 Å². The van der Waals surface area contributed by atoms with Gasteiger partial charge in [-0.15, -0.1) is 15.3 Å². The summed E-state index contributed by atoms with van der Waals surface area (Å²) in [5, 5.41) is 59.4. The molecule has 0 heterocycles. The van der Waals surface area contributed by atoms with E-state index in [-0.39, 0.29) is 71.1 Å². The van der Waals surface area contributed by atoms with Crippen LogP contribution >= 0.6 is 23.2 Å². The van der Waals surface area contributed by atoms with Gasteiger partial charge in [0.05, 0.1) is 21.7 Å². The molecule has 0 spiro atoms. The number of carbonyl (C=O) groups is 2. The van der Waals surface area contributed by atoms with Crippen LogP contribution in [0.25, 0.3) is 21.5 Å². The van der Waals surface area contributed by atoms with E-state index < -0.39 is 64.1 Å². The third kappa shape index (κ3) is 9.55. The van der Waals surface area contributed by atoms with Crippen LogP contribution in [0, 0.1) is 0 Å². The van der Waals surface area contributed by atoms with Gasteiger partial charge in [-0.1, -0.05) is 89.6 Å². The van der Waals surface area contributed by atoms with Crippen LogP contribution in [0.2, 0.25) is 10.0 Å². The average Bonchev–Trinajstić information content (AvgIpc) is 3.10. The molecule has 0 amide bonds. The Kier molecular flexibility index (Phi) is 13.6. The maximum Gasteiger partial charge on any atom is 2.00 e. The molecule has 0 fully saturated rings. The normalized spacial score (nSPS) is 11.7. The van der Waals surface area contributed by atoms with E-state index in [0.717, 1.165) is 12.1 Å². The molecule has 0 saturated heterocycles. The van der Waals surface area contributed by atoms with E-state index in [1.54, 1.807) is 48.5 Å². The zero-order valence-electron chi connectivity index (χ0n) is 27.4. The fraction of sp³-hybridized carbons (Fsp3) is 0. The topological polar surface area (TPSA) is 279 Å². The number of hydrogen-bond donors (Lipinski definition) is 4. The third-order valence-electron chi connectivity index (χ3n) is 7.38. The molecule has 0 atom stereocenters. The molecule has 276 valence electrons. The summed E-state index contributed by atoms with van der Waals surface area (Å²) in [7, 11) is -9.14. The smallest absolute Gasteiger partial charge is 0.871 e. The van der Waals surface area contributed by atoms with Crippen molar-refractivity contribution < 1.29 is 56.0 Å². The number of phenols is 1. The second-order valence-electron chi connectivity index (χ2n) is 10.8. The molecule has 0 unspecified atom stereocenters. The number of azo groups is 2. The largest absolute Gasteiger partial charge is 2.00 e. The predicted octanol–water partition coefficient (Wildman–Crippen LogP) is 6.77. The zero-order chi connectivity index (χ0) is 39.5. The van der Waals surface area contributed by atoms with E-state index in [2.05, 4.69) is 20.5 Å². The minimum atomic E-state index is -4.58. The molecule has 0 aliphatic rings. The Balaban J connectivity index is 0.000000240. The van der Waals surface area contributed by atoms with Gasteiger partial charge in [-0.3, -0.25) is 9.11 Å². The van der Waals surface area contributed by atoms with Crippen molar-refractivity contribution in [3.63, 3.8) is 0 Å². The van der Waals surface area contributed by atoms with Crippen molar-refractivity contribution in [3.8, 4) is 11.5 Å². The second kappa shape index (κ2) is 17.4. The van der Waals surface area contributed by atoms with E-state index in [1.807, 2.05) is 0 Å². The molecule has 6 aromatic carbocycles. The van der Waals surface area contributed by atoms with Crippen LogP contribution in [-0.2, 0) is 20.2 Å². The van der Waals surface area contributed by atoms with Crippen LogP contribution in [0.4, 0.5) is 22.7 Å². The molecule has 6 rings (SSSR count). The third-order valence-corrected chi connectivity index (χ3v) is 10.2. The first-order valence-corrected chi connectivity index (χ1v) is 18.3. The Morgan fingerprint density at radius 3 is 1.47 bits per heavy atom. The molecule has 21 heteroatoms. The first-order chi connectivity index (χ1) is 25.4. The van der Waals surface area contributed by atoms with E-state index in [4.69, 9.17) is 27.8 Å². The van der Waals surface area contributed by atoms with Crippen molar-refractivity contribution in [2.45, 2.75) is 9.79 Å². The number of hydrogen-bond acceptors (Lipinski definition) is 13. The summed E-state index contributed by atoms with van der Waals surface area (Å²) in [6.45, 7) is 0. The summed E-state index contributed by atoms with van der Waals surface area (Å²) < 4.78 is 63.6. The number of aromatic carboxylic acids is 2.